The average molecular weight is 307 g/mol. The van der Waals surface area contributed by atoms with Gasteiger partial charge in [0.05, 0.1) is 6.10 Å². The van der Waals surface area contributed by atoms with Crippen molar-refractivity contribution in [2.24, 2.45) is 5.73 Å². The van der Waals surface area contributed by atoms with Gasteiger partial charge in [-0.15, -0.1) is 0 Å². The van der Waals surface area contributed by atoms with Crippen LogP contribution in [0.3, 0.4) is 0 Å². The number of amides is 1. The first-order valence-corrected chi connectivity index (χ1v) is 6.93. The Hall–Kier alpha value is -2.03. The number of carbonyl (C=O) groups excluding carboxylic acids is 1. The molecular formula is C15H15ClN2O3. The number of hydrogen-bond acceptors (Lipinski definition) is 4. The summed E-state index contributed by atoms with van der Waals surface area (Å²) in [7, 11) is 0. The zero-order valence-corrected chi connectivity index (χ0v) is 12.1. The number of benzene rings is 1. The molecule has 1 unspecified atom stereocenters. The van der Waals surface area contributed by atoms with Crippen LogP contribution < -0.4 is 10.5 Å². The van der Waals surface area contributed by atoms with Crippen LogP contribution >= 0.6 is 11.6 Å². The van der Waals surface area contributed by atoms with Crippen LogP contribution in [-0.4, -0.2) is 25.2 Å². The van der Waals surface area contributed by atoms with Gasteiger partial charge < -0.3 is 15.2 Å². The van der Waals surface area contributed by atoms with E-state index in [1.54, 1.807) is 24.3 Å². The van der Waals surface area contributed by atoms with Crippen LogP contribution in [0.5, 0.6) is 5.75 Å². The standard InChI is InChI=1S/C15H15ClN2O3/c16-12-3-4-14(21-9-13-2-1-5-20-13)10(7-12)6-11(8-17)15(18)19/h3-4,6-7,13H,1-2,5,9H2,(H2,18,19). The second-order valence-electron chi connectivity index (χ2n) is 4.66. The van der Waals surface area contributed by atoms with Gasteiger partial charge in [0.2, 0.25) is 0 Å². The number of rotatable bonds is 5. The predicted octanol–water partition coefficient (Wildman–Crippen LogP) is 2.29. The first kappa shape index (κ1) is 15.4. The maximum Gasteiger partial charge on any atom is 0.259 e. The van der Waals surface area contributed by atoms with Crippen LogP contribution in [0.15, 0.2) is 23.8 Å². The lowest BCUT2D eigenvalue weighted by Gasteiger charge is -2.13. The molecule has 21 heavy (non-hydrogen) atoms. The molecule has 1 amide bonds. The Balaban J connectivity index is 2.20. The number of nitrogens with zero attached hydrogens (tertiary/aromatic N) is 1. The lowest BCUT2D eigenvalue weighted by atomic mass is 10.1. The van der Waals surface area contributed by atoms with Gasteiger partial charge in [-0.25, -0.2) is 0 Å². The SMILES string of the molecule is N#CC(=Cc1cc(Cl)ccc1OCC1CCCO1)C(N)=O. The highest BCUT2D eigenvalue weighted by atomic mass is 35.5. The van der Waals surface area contributed by atoms with Gasteiger partial charge in [-0.1, -0.05) is 11.6 Å². The van der Waals surface area contributed by atoms with Crippen LogP contribution in [0.4, 0.5) is 0 Å². The Kier molecular flexibility index (Phi) is 5.20. The molecule has 0 radical (unpaired) electrons. The number of halogens is 1. The van der Waals surface area contributed by atoms with Crippen molar-refractivity contribution in [2.45, 2.75) is 18.9 Å². The second kappa shape index (κ2) is 7.11. The Morgan fingerprint density at radius 3 is 3.05 bits per heavy atom. The lowest BCUT2D eigenvalue weighted by Crippen LogP contribution is -2.16. The van der Waals surface area contributed by atoms with E-state index in [4.69, 9.17) is 32.1 Å². The first-order valence-electron chi connectivity index (χ1n) is 6.55. The van der Waals surface area contributed by atoms with E-state index in [-0.39, 0.29) is 11.7 Å². The normalized spacial score (nSPS) is 18.3. The van der Waals surface area contributed by atoms with Crippen molar-refractivity contribution < 1.29 is 14.3 Å². The van der Waals surface area contributed by atoms with Crippen molar-refractivity contribution in [3.05, 3.63) is 34.4 Å². The number of nitriles is 1. The molecule has 0 bridgehead atoms. The fourth-order valence-electron chi connectivity index (χ4n) is 2.04. The van der Waals surface area contributed by atoms with Crippen molar-refractivity contribution in [1.82, 2.24) is 0 Å². The highest BCUT2D eigenvalue weighted by Gasteiger charge is 2.17. The monoisotopic (exact) mass is 306 g/mol. The van der Waals surface area contributed by atoms with Gasteiger partial charge in [0, 0.05) is 17.2 Å². The summed E-state index contributed by atoms with van der Waals surface area (Å²) in [4.78, 5) is 11.1. The minimum absolute atomic E-state index is 0.0732. The third-order valence-electron chi connectivity index (χ3n) is 3.11. The number of ether oxygens (including phenoxy) is 2. The van der Waals surface area contributed by atoms with E-state index in [0.717, 1.165) is 19.4 Å². The van der Waals surface area contributed by atoms with E-state index in [2.05, 4.69) is 0 Å². The fraction of sp³-hybridized carbons (Fsp3) is 0.333. The lowest BCUT2D eigenvalue weighted by molar-refractivity contribution is -0.114. The van der Waals surface area contributed by atoms with Gasteiger partial charge in [0.1, 0.15) is 24.0 Å². The van der Waals surface area contributed by atoms with E-state index in [0.29, 0.717) is 22.9 Å². The van der Waals surface area contributed by atoms with Crippen LogP contribution in [0.2, 0.25) is 5.02 Å². The van der Waals surface area contributed by atoms with Crippen LogP contribution in [0, 0.1) is 11.3 Å². The molecule has 110 valence electrons. The molecule has 1 aromatic carbocycles. The molecule has 1 aliphatic heterocycles. The molecule has 1 saturated heterocycles. The van der Waals surface area contributed by atoms with Crippen molar-refractivity contribution in [3.63, 3.8) is 0 Å². The minimum atomic E-state index is -0.789. The summed E-state index contributed by atoms with van der Waals surface area (Å²) in [5.74, 6) is -0.258. The van der Waals surface area contributed by atoms with Gasteiger partial charge in [-0.05, 0) is 37.1 Å². The highest BCUT2D eigenvalue weighted by Crippen LogP contribution is 2.26. The Bertz CT molecular complexity index is 601. The quantitative estimate of drug-likeness (QED) is 0.668. The summed E-state index contributed by atoms with van der Waals surface area (Å²) in [6.45, 7) is 1.17. The van der Waals surface area contributed by atoms with E-state index >= 15 is 0 Å². The molecule has 2 N–H and O–H groups in total. The Morgan fingerprint density at radius 1 is 1.62 bits per heavy atom. The van der Waals surface area contributed by atoms with Crippen LogP contribution in [0.25, 0.3) is 6.08 Å². The highest BCUT2D eigenvalue weighted by molar-refractivity contribution is 6.30. The Labute approximate surface area is 127 Å². The smallest absolute Gasteiger partial charge is 0.259 e. The van der Waals surface area contributed by atoms with Crippen molar-refractivity contribution in [3.8, 4) is 11.8 Å². The molecule has 0 saturated carbocycles. The molecule has 5 nitrogen and oxygen atoms in total. The number of nitrogens with two attached hydrogens (primary N) is 1. The van der Waals surface area contributed by atoms with Crippen LogP contribution in [0.1, 0.15) is 18.4 Å². The van der Waals surface area contributed by atoms with Gasteiger partial charge in [-0.3, -0.25) is 4.79 Å². The average Bonchev–Trinajstić information content (AvgIpc) is 2.96. The number of hydrogen-bond donors (Lipinski definition) is 1. The Morgan fingerprint density at radius 2 is 2.43 bits per heavy atom. The molecule has 0 aromatic heterocycles. The molecule has 0 spiro atoms. The molecule has 0 aliphatic carbocycles. The molecule has 1 heterocycles. The summed E-state index contributed by atoms with van der Waals surface area (Å²) in [5.41, 5.74) is 5.52. The zero-order chi connectivity index (χ0) is 15.2. The fourth-order valence-corrected chi connectivity index (χ4v) is 2.22. The van der Waals surface area contributed by atoms with Gasteiger partial charge >= 0.3 is 0 Å². The molecular weight excluding hydrogens is 292 g/mol. The maximum atomic E-state index is 11.1. The maximum absolute atomic E-state index is 11.1. The zero-order valence-electron chi connectivity index (χ0n) is 11.3. The van der Waals surface area contributed by atoms with Crippen molar-refractivity contribution >= 4 is 23.6 Å². The topological polar surface area (TPSA) is 85.3 Å². The summed E-state index contributed by atoms with van der Waals surface area (Å²) in [5, 5.41) is 9.39. The van der Waals surface area contributed by atoms with Crippen LogP contribution in [-0.2, 0) is 9.53 Å². The summed E-state index contributed by atoms with van der Waals surface area (Å²) in [6, 6.07) is 6.75. The summed E-state index contributed by atoms with van der Waals surface area (Å²) >= 11 is 5.94. The second-order valence-corrected chi connectivity index (χ2v) is 5.10. The van der Waals surface area contributed by atoms with E-state index in [9.17, 15) is 4.79 Å². The largest absolute Gasteiger partial charge is 0.490 e. The van der Waals surface area contributed by atoms with Gasteiger partial charge in [0.15, 0.2) is 0 Å². The van der Waals surface area contributed by atoms with Crippen molar-refractivity contribution in [1.29, 1.82) is 5.26 Å². The third kappa shape index (κ3) is 4.22. The molecule has 2 rings (SSSR count). The minimum Gasteiger partial charge on any atom is -0.490 e. The number of primary amides is 1. The molecule has 6 heteroatoms. The number of carbonyl (C=O) groups is 1. The predicted molar refractivity (Wildman–Crippen MR) is 78.7 cm³/mol. The molecule has 1 atom stereocenters. The third-order valence-corrected chi connectivity index (χ3v) is 3.34. The van der Waals surface area contributed by atoms with E-state index < -0.39 is 5.91 Å². The van der Waals surface area contributed by atoms with E-state index in [1.165, 1.54) is 6.08 Å². The summed E-state index contributed by atoms with van der Waals surface area (Å²) < 4.78 is 11.2. The molecule has 1 aromatic rings. The van der Waals surface area contributed by atoms with Gasteiger partial charge in [-0.2, -0.15) is 5.26 Å². The first-order chi connectivity index (χ1) is 10.1. The van der Waals surface area contributed by atoms with Gasteiger partial charge in [0.25, 0.3) is 5.91 Å². The van der Waals surface area contributed by atoms with Crippen molar-refractivity contribution in [2.75, 3.05) is 13.2 Å². The molecule has 1 fully saturated rings. The summed E-state index contributed by atoms with van der Waals surface area (Å²) in [6.07, 6.45) is 3.44. The molecule has 1 aliphatic rings. The van der Waals surface area contributed by atoms with E-state index in [1.807, 2.05) is 0 Å².